The third kappa shape index (κ3) is 3.32. The molecule has 1 aliphatic rings. The van der Waals surface area contributed by atoms with Crippen LogP contribution in [-0.2, 0) is 18.4 Å². The largest absolute Gasteiger partial charge is 0.350 e. The maximum absolute atomic E-state index is 13.6. The molecule has 0 spiro atoms. The number of halogens is 1. The molecule has 1 atom stereocenters. The Hall–Kier alpha value is -2.73. The minimum absolute atomic E-state index is 0.00941. The van der Waals surface area contributed by atoms with Crippen molar-refractivity contribution in [3.05, 3.63) is 60.2 Å². The van der Waals surface area contributed by atoms with Crippen LogP contribution in [0.5, 0.6) is 0 Å². The van der Waals surface area contributed by atoms with E-state index >= 15 is 0 Å². The summed E-state index contributed by atoms with van der Waals surface area (Å²) in [5, 5.41) is 3.82. The molecule has 134 valence electrons. The lowest BCUT2D eigenvalue weighted by Crippen LogP contribution is -2.27. The number of aryl methyl sites for hydroxylation is 1. The lowest BCUT2D eigenvalue weighted by molar-refractivity contribution is -0.119. The molecule has 1 amide bonds. The molecule has 1 saturated heterocycles. The summed E-state index contributed by atoms with van der Waals surface area (Å²) in [7, 11) is 1.97. The maximum Gasteiger partial charge on any atom is 0.229 e. The maximum atomic E-state index is 13.6. The minimum Gasteiger partial charge on any atom is -0.350 e. The second kappa shape index (κ2) is 6.88. The Bertz CT molecular complexity index is 938. The molecule has 1 fully saturated rings. The second-order valence-electron chi connectivity index (χ2n) is 6.85. The van der Waals surface area contributed by atoms with E-state index in [1.807, 2.05) is 29.9 Å². The fourth-order valence-corrected chi connectivity index (χ4v) is 3.67. The molecule has 1 N–H and O–H groups in total. The molecule has 4 rings (SSSR count). The van der Waals surface area contributed by atoms with Crippen LogP contribution in [0.2, 0.25) is 0 Å². The highest BCUT2D eigenvalue weighted by atomic mass is 19.1. The summed E-state index contributed by atoms with van der Waals surface area (Å²) in [6.45, 7) is 2.27. The first-order valence-electron chi connectivity index (χ1n) is 8.78. The third-order valence-electron chi connectivity index (χ3n) is 4.99. The highest BCUT2D eigenvalue weighted by Crippen LogP contribution is 2.26. The number of rotatable bonds is 4. The van der Waals surface area contributed by atoms with Crippen LogP contribution in [-0.4, -0.2) is 33.4 Å². The van der Waals surface area contributed by atoms with Crippen molar-refractivity contribution in [3.8, 4) is 0 Å². The van der Waals surface area contributed by atoms with Gasteiger partial charge in [-0.2, -0.15) is 0 Å². The van der Waals surface area contributed by atoms with Crippen LogP contribution in [0.3, 0.4) is 0 Å². The van der Waals surface area contributed by atoms with Crippen molar-refractivity contribution in [1.82, 2.24) is 14.5 Å². The van der Waals surface area contributed by atoms with Gasteiger partial charge in [0.2, 0.25) is 5.91 Å². The van der Waals surface area contributed by atoms with E-state index in [9.17, 15) is 9.18 Å². The second-order valence-corrected chi connectivity index (χ2v) is 6.85. The van der Waals surface area contributed by atoms with Crippen molar-refractivity contribution >= 4 is 22.6 Å². The number of benzene rings is 1. The molecule has 6 heteroatoms. The first-order valence-corrected chi connectivity index (χ1v) is 8.78. The van der Waals surface area contributed by atoms with Crippen molar-refractivity contribution in [1.29, 1.82) is 0 Å². The molecular formula is C20H21FN4O. The predicted molar refractivity (Wildman–Crippen MR) is 99.1 cm³/mol. The van der Waals surface area contributed by atoms with Gasteiger partial charge in [0.05, 0.1) is 5.92 Å². The van der Waals surface area contributed by atoms with Gasteiger partial charge in [-0.1, -0.05) is 6.07 Å². The van der Waals surface area contributed by atoms with Crippen LogP contribution >= 0.6 is 0 Å². The van der Waals surface area contributed by atoms with Crippen LogP contribution in [0.15, 0.2) is 48.8 Å². The molecule has 0 saturated carbocycles. The number of carbonyl (C=O) groups excluding carboxylic acids is 1. The Morgan fingerprint density at radius 3 is 3.04 bits per heavy atom. The molecule has 3 heterocycles. The summed E-state index contributed by atoms with van der Waals surface area (Å²) < 4.78 is 15.7. The van der Waals surface area contributed by atoms with E-state index in [-0.39, 0.29) is 17.6 Å². The van der Waals surface area contributed by atoms with Crippen LogP contribution in [0.4, 0.5) is 10.2 Å². The Kier molecular flexibility index (Phi) is 4.42. The molecule has 5 nitrogen and oxygen atoms in total. The average Bonchev–Trinajstić information content (AvgIpc) is 3.21. The topological polar surface area (TPSA) is 50.2 Å². The predicted octanol–water partition coefficient (Wildman–Crippen LogP) is 3.17. The molecule has 0 aliphatic carbocycles. The monoisotopic (exact) mass is 352 g/mol. The van der Waals surface area contributed by atoms with Crippen molar-refractivity contribution < 1.29 is 9.18 Å². The van der Waals surface area contributed by atoms with Gasteiger partial charge in [-0.25, -0.2) is 9.37 Å². The SMILES string of the molecule is Cn1cc(CN2CC[C@H](C(=O)Nc3ccccn3)C2)c2cc(F)ccc21. The first kappa shape index (κ1) is 16.7. The van der Waals surface area contributed by atoms with Gasteiger partial charge in [0.1, 0.15) is 11.6 Å². The number of hydrogen-bond acceptors (Lipinski definition) is 3. The van der Waals surface area contributed by atoms with Crippen molar-refractivity contribution in [2.24, 2.45) is 13.0 Å². The van der Waals surface area contributed by atoms with Gasteiger partial charge in [0.15, 0.2) is 0 Å². The number of anilines is 1. The van der Waals surface area contributed by atoms with Crippen molar-refractivity contribution in [3.63, 3.8) is 0 Å². The summed E-state index contributed by atoms with van der Waals surface area (Å²) in [4.78, 5) is 18.8. The highest BCUT2D eigenvalue weighted by Gasteiger charge is 2.29. The Morgan fingerprint density at radius 2 is 2.23 bits per heavy atom. The summed E-state index contributed by atoms with van der Waals surface area (Å²) in [6.07, 6.45) is 4.53. The van der Waals surface area contributed by atoms with Gasteiger partial charge in [-0.3, -0.25) is 9.69 Å². The van der Waals surface area contributed by atoms with Gasteiger partial charge in [0.25, 0.3) is 0 Å². The fourth-order valence-electron chi connectivity index (χ4n) is 3.67. The third-order valence-corrected chi connectivity index (χ3v) is 4.99. The molecular weight excluding hydrogens is 331 g/mol. The van der Waals surface area contributed by atoms with Gasteiger partial charge in [-0.15, -0.1) is 0 Å². The van der Waals surface area contributed by atoms with E-state index in [2.05, 4.69) is 15.2 Å². The summed E-state index contributed by atoms with van der Waals surface area (Å²) in [6, 6.07) is 10.3. The summed E-state index contributed by atoms with van der Waals surface area (Å²) in [5.41, 5.74) is 2.11. The molecule has 0 unspecified atom stereocenters. The van der Waals surface area contributed by atoms with Crippen molar-refractivity contribution in [2.45, 2.75) is 13.0 Å². The molecule has 1 aliphatic heterocycles. The van der Waals surface area contributed by atoms with E-state index in [1.165, 1.54) is 6.07 Å². The number of pyridine rings is 1. The Morgan fingerprint density at radius 1 is 1.35 bits per heavy atom. The molecule has 1 aromatic carbocycles. The molecule has 2 aromatic heterocycles. The van der Waals surface area contributed by atoms with Crippen LogP contribution < -0.4 is 5.32 Å². The standard InChI is InChI=1S/C20H21FN4O/c1-24-11-15(17-10-16(21)5-6-18(17)24)13-25-9-7-14(12-25)20(26)23-19-4-2-3-8-22-19/h2-6,8,10-11,14H,7,9,12-13H2,1H3,(H,22,23,26)/t14-/m0/s1. The number of amides is 1. The Labute approximate surface area is 151 Å². The fraction of sp³-hybridized carbons (Fsp3) is 0.300. The van der Waals surface area contributed by atoms with E-state index in [0.29, 0.717) is 18.9 Å². The zero-order valence-corrected chi connectivity index (χ0v) is 14.7. The highest BCUT2D eigenvalue weighted by molar-refractivity contribution is 5.92. The number of fused-ring (bicyclic) bond motifs is 1. The number of aromatic nitrogens is 2. The molecule has 0 bridgehead atoms. The number of likely N-dealkylation sites (tertiary alicyclic amines) is 1. The molecule has 0 radical (unpaired) electrons. The smallest absolute Gasteiger partial charge is 0.229 e. The van der Waals surface area contributed by atoms with Gasteiger partial charge >= 0.3 is 0 Å². The number of nitrogens with one attached hydrogen (secondary N) is 1. The van der Waals surface area contributed by atoms with E-state index < -0.39 is 0 Å². The normalized spacial score (nSPS) is 17.7. The lowest BCUT2D eigenvalue weighted by atomic mass is 10.1. The molecule has 3 aromatic rings. The van der Waals surface area contributed by atoms with Crippen LogP contribution in [0, 0.1) is 11.7 Å². The van der Waals surface area contributed by atoms with Crippen LogP contribution in [0.25, 0.3) is 10.9 Å². The minimum atomic E-state index is -0.223. The van der Waals surface area contributed by atoms with Gasteiger partial charge < -0.3 is 9.88 Å². The van der Waals surface area contributed by atoms with Gasteiger partial charge in [-0.05, 0) is 48.9 Å². The summed E-state index contributed by atoms with van der Waals surface area (Å²) in [5.74, 6) is 0.318. The zero-order chi connectivity index (χ0) is 18.1. The van der Waals surface area contributed by atoms with Crippen molar-refractivity contribution in [2.75, 3.05) is 18.4 Å². The number of carbonyl (C=O) groups is 1. The average molecular weight is 352 g/mol. The van der Waals surface area contributed by atoms with E-state index in [1.54, 1.807) is 24.4 Å². The lowest BCUT2D eigenvalue weighted by Gasteiger charge is -2.15. The van der Waals surface area contributed by atoms with E-state index in [0.717, 1.165) is 29.4 Å². The number of nitrogens with zero attached hydrogens (tertiary/aromatic N) is 3. The zero-order valence-electron chi connectivity index (χ0n) is 14.7. The van der Waals surface area contributed by atoms with E-state index in [4.69, 9.17) is 0 Å². The quantitative estimate of drug-likeness (QED) is 0.785. The number of hydrogen-bond donors (Lipinski definition) is 1. The van der Waals surface area contributed by atoms with Crippen LogP contribution in [0.1, 0.15) is 12.0 Å². The van der Waals surface area contributed by atoms with Gasteiger partial charge in [0, 0.05) is 43.4 Å². The Balaban J connectivity index is 1.43. The molecule has 26 heavy (non-hydrogen) atoms. The summed E-state index contributed by atoms with van der Waals surface area (Å²) >= 11 is 0. The first-order chi connectivity index (χ1) is 12.6.